The maximum Gasteiger partial charge on any atom is 0.241 e. The quantitative estimate of drug-likeness (QED) is 0.448. The number of amides is 1. The van der Waals surface area contributed by atoms with Gasteiger partial charge in [-0.2, -0.15) is 0 Å². The fourth-order valence-corrected chi connectivity index (χ4v) is 4.59. The van der Waals surface area contributed by atoms with Gasteiger partial charge >= 0.3 is 0 Å². The third-order valence-corrected chi connectivity index (χ3v) is 6.33. The third kappa shape index (κ3) is 6.04. The lowest BCUT2D eigenvalue weighted by Crippen LogP contribution is -2.41. The molecule has 3 rings (SSSR count). The molecule has 2 fully saturated rings. The Labute approximate surface area is 193 Å². The monoisotopic (exact) mass is 438 g/mol. The van der Waals surface area contributed by atoms with Crippen molar-refractivity contribution in [3.05, 3.63) is 71.9 Å². The van der Waals surface area contributed by atoms with Crippen LogP contribution in [0.3, 0.4) is 0 Å². The normalized spacial score (nSPS) is 28.8. The van der Waals surface area contributed by atoms with E-state index in [1.54, 1.807) is 6.08 Å². The molecule has 0 bridgehead atoms. The van der Waals surface area contributed by atoms with Gasteiger partial charge in [-0.1, -0.05) is 38.2 Å². The van der Waals surface area contributed by atoms with Gasteiger partial charge in [0.05, 0.1) is 6.54 Å². The second-order valence-corrected chi connectivity index (χ2v) is 8.70. The predicted octanol–water partition coefficient (Wildman–Crippen LogP) is 5.46. The summed E-state index contributed by atoms with van der Waals surface area (Å²) in [6.07, 6.45) is 19.3. The van der Waals surface area contributed by atoms with Crippen molar-refractivity contribution in [2.45, 2.75) is 58.9 Å². The van der Waals surface area contributed by atoms with Crippen molar-refractivity contribution in [1.29, 1.82) is 0 Å². The Kier molecular flexibility index (Phi) is 8.98. The van der Waals surface area contributed by atoms with E-state index < -0.39 is 0 Å². The molecular weight excluding hydrogens is 400 g/mol. The summed E-state index contributed by atoms with van der Waals surface area (Å²) in [4.78, 5) is 17.6. The Morgan fingerprint density at radius 2 is 2.06 bits per heavy atom. The summed E-state index contributed by atoms with van der Waals surface area (Å²) in [5.74, 6) is 2.26. The summed E-state index contributed by atoms with van der Waals surface area (Å²) < 4.78 is 11.3. The molecule has 0 aromatic heterocycles. The van der Waals surface area contributed by atoms with Gasteiger partial charge in [0.1, 0.15) is 0 Å². The molecule has 32 heavy (non-hydrogen) atoms. The number of likely N-dealkylation sites (tertiary alicyclic amines) is 1. The van der Waals surface area contributed by atoms with Crippen molar-refractivity contribution < 1.29 is 14.3 Å². The van der Waals surface area contributed by atoms with Crippen molar-refractivity contribution >= 4 is 5.91 Å². The van der Waals surface area contributed by atoms with Gasteiger partial charge in [0.25, 0.3) is 0 Å². The molecule has 5 nitrogen and oxygen atoms in total. The largest absolute Gasteiger partial charge is 0.454 e. The minimum Gasteiger partial charge on any atom is -0.454 e. The average Bonchev–Trinajstić information content (AvgIpc) is 3.34. The molecule has 2 heterocycles. The lowest BCUT2D eigenvalue weighted by atomic mass is 9.93. The fourth-order valence-electron chi connectivity index (χ4n) is 4.59. The summed E-state index contributed by atoms with van der Waals surface area (Å²) in [6.45, 7) is 12.5. The van der Waals surface area contributed by atoms with Crippen LogP contribution < -0.4 is 0 Å². The standard InChI is InChI=1S/C27H38N2O3/c1-5-8-15-29(24(11-6-2)12-7-3)27(30)19-28-18-23(16-21(28)4)22-13-9-10-14-25-26(17-22)32-20-31-25/h6-7,11-14,17,21,23H,2,5,8-10,15-16,18-20H2,1,3-4H3/b12-7-,22-13+,24-11+,25-14-,26-17+/t21-,23?/m0/s1. The molecule has 5 heteroatoms. The van der Waals surface area contributed by atoms with Crippen LogP contribution in [0.15, 0.2) is 71.9 Å². The zero-order valence-corrected chi connectivity index (χ0v) is 19.9. The second-order valence-electron chi connectivity index (χ2n) is 8.70. The maximum absolute atomic E-state index is 13.4. The van der Waals surface area contributed by atoms with E-state index >= 15 is 0 Å². The number of ether oxygens (including phenoxy) is 2. The zero-order chi connectivity index (χ0) is 22.9. The topological polar surface area (TPSA) is 42.0 Å². The highest BCUT2D eigenvalue weighted by Crippen LogP contribution is 2.34. The molecule has 2 atom stereocenters. The molecule has 2 saturated heterocycles. The fraction of sp³-hybridized carbons (Fsp3) is 0.519. The molecule has 1 unspecified atom stereocenters. The first kappa shape index (κ1) is 24.1. The highest BCUT2D eigenvalue weighted by Gasteiger charge is 2.33. The van der Waals surface area contributed by atoms with Crippen molar-refractivity contribution in [1.82, 2.24) is 9.80 Å². The van der Waals surface area contributed by atoms with Crippen LogP contribution in [0.2, 0.25) is 0 Å². The van der Waals surface area contributed by atoms with Gasteiger partial charge in [0.2, 0.25) is 12.7 Å². The number of nitrogens with zero attached hydrogens (tertiary/aromatic N) is 2. The average molecular weight is 439 g/mol. The molecule has 0 N–H and O–H groups in total. The van der Waals surface area contributed by atoms with Gasteiger partial charge in [0, 0.05) is 24.8 Å². The van der Waals surface area contributed by atoms with Gasteiger partial charge in [-0.15, -0.1) is 0 Å². The number of rotatable bonds is 9. The highest BCUT2D eigenvalue weighted by atomic mass is 16.7. The van der Waals surface area contributed by atoms with Crippen molar-refractivity contribution in [3.8, 4) is 0 Å². The summed E-state index contributed by atoms with van der Waals surface area (Å²) in [7, 11) is 0. The lowest BCUT2D eigenvalue weighted by molar-refractivity contribution is -0.130. The molecule has 3 aliphatic rings. The summed E-state index contributed by atoms with van der Waals surface area (Å²) in [6, 6.07) is 0.353. The lowest BCUT2D eigenvalue weighted by Gasteiger charge is -2.28. The highest BCUT2D eigenvalue weighted by molar-refractivity contribution is 5.80. The van der Waals surface area contributed by atoms with Crippen molar-refractivity contribution in [2.24, 2.45) is 5.92 Å². The SMILES string of the molecule is C=C/C=C(\C=C/C)N(CCCC)C(=O)CN1CC(C2=C\CC\C=C3/OCO/C3=C/2)C[C@@H]1C. The van der Waals surface area contributed by atoms with E-state index in [9.17, 15) is 4.79 Å². The zero-order valence-electron chi connectivity index (χ0n) is 19.9. The number of carbonyl (C=O) groups is 1. The van der Waals surface area contributed by atoms with Crippen LogP contribution >= 0.6 is 0 Å². The first-order valence-electron chi connectivity index (χ1n) is 11.9. The summed E-state index contributed by atoms with van der Waals surface area (Å²) >= 11 is 0. The smallest absolute Gasteiger partial charge is 0.241 e. The van der Waals surface area contributed by atoms with Gasteiger partial charge < -0.3 is 14.4 Å². The van der Waals surface area contributed by atoms with E-state index in [1.807, 2.05) is 30.1 Å². The summed E-state index contributed by atoms with van der Waals surface area (Å²) in [5.41, 5.74) is 2.22. The van der Waals surface area contributed by atoms with Crippen LogP contribution in [0.25, 0.3) is 0 Å². The molecule has 174 valence electrons. The van der Waals surface area contributed by atoms with E-state index in [1.165, 1.54) is 5.57 Å². The maximum atomic E-state index is 13.4. The first-order valence-corrected chi connectivity index (χ1v) is 11.9. The number of carbonyl (C=O) groups excluding carboxylic acids is 1. The Hall–Kier alpha value is -2.53. The predicted molar refractivity (Wildman–Crippen MR) is 129 cm³/mol. The first-order chi connectivity index (χ1) is 15.6. The van der Waals surface area contributed by atoms with Crippen LogP contribution in [0, 0.1) is 5.92 Å². The molecule has 0 spiro atoms. The molecule has 0 aromatic rings. The summed E-state index contributed by atoms with van der Waals surface area (Å²) in [5, 5.41) is 0. The molecule has 0 aromatic carbocycles. The molecule has 1 aliphatic carbocycles. The Balaban J connectivity index is 1.71. The molecule has 1 amide bonds. The van der Waals surface area contributed by atoms with Crippen LogP contribution in [-0.2, 0) is 14.3 Å². The van der Waals surface area contributed by atoms with E-state index in [0.29, 0.717) is 25.3 Å². The third-order valence-electron chi connectivity index (χ3n) is 6.33. The van der Waals surface area contributed by atoms with E-state index in [-0.39, 0.29) is 5.91 Å². The van der Waals surface area contributed by atoms with Crippen LogP contribution in [-0.4, -0.2) is 48.2 Å². The molecule has 0 radical (unpaired) electrons. The number of hydrogen-bond donors (Lipinski definition) is 0. The van der Waals surface area contributed by atoms with Gasteiger partial charge in [-0.05, 0) is 75.3 Å². The van der Waals surface area contributed by atoms with Crippen LogP contribution in [0.1, 0.15) is 52.9 Å². The number of unbranched alkanes of at least 4 members (excludes halogenated alkanes) is 1. The van der Waals surface area contributed by atoms with Crippen LogP contribution in [0.5, 0.6) is 0 Å². The van der Waals surface area contributed by atoms with Gasteiger partial charge in [-0.3, -0.25) is 9.69 Å². The van der Waals surface area contributed by atoms with Crippen molar-refractivity contribution in [2.75, 3.05) is 26.4 Å². The Morgan fingerprint density at radius 1 is 1.28 bits per heavy atom. The number of hydrogen-bond acceptors (Lipinski definition) is 4. The van der Waals surface area contributed by atoms with E-state index in [0.717, 1.165) is 62.4 Å². The van der Waals surface area contributed by atoms with Crippen LogP contribution in [0.4, 0.5) is 0 Å². The molecular formula is C27H38N2O3. The Morgan fingerprint density at radius 3 is 2.81 bits per heavy atom. The second kappa shape index (κ2) is 11.9. The van der Waals surface area contributed by atoms with E-state index in [2.05, 4.69) is 43.6 Å². The number of fused-ring (bicyclic) bond motifs is 1. The molecule has 2 aliphatic heterocycles. The Bertz CT molecular complexity index is 834. The minimum atomic E-state index is 0.153. The number of allylic oxidation sites excluding steroid dienone is 7. The van der Waals surface area contributed by atoms with E-state index in [4.69, 9.17) is 9.47 Å². The molecule has 0 saturated carbocycles. The van der Waals surface area contributed by atoms with Gasteiger partial charge in [0.15, 0.2) is 11.5 Å². The van der Waals surface area contributed by atoms with Crippen molar-refractivity contribution in [3.63, 3.8) is 0 Å². The van der Waals surface area contributed by atoms with Gasteiger partial charge in [-0.25, -0.2) is 0 Å². The minimum absolute atomic E-state index is 0.153.